The van der Waals surface area contributed by atoms with Crippen molar-refractivity contribution in [2.75, 3.05) is 0 Å². The number of carbonyl (C=O) groups is 2. The molecule has 2 N–H and O–H groups in total. The summed E-state index contributed by atoms with van der Waals surface area (Å²) in [7, 11) is 0. The molecule has 1 aliphatic carbocycles. The van der Waals surface area contributed by atoms with E-state index >= 15 is 0 Å². The van der Waals surface area contributed by atoms with Gasteiger partial charge in [0, 0.05) is 6.42 Å². The molecule has 0 spiro atoms. The standard InChI is InChI=1S/C24H27FO4/c1-23(2)9-10-24(3,4)18-11-15(7-8-17(18)23)21(27)20(26)13-14-5-6-16(22(28)29)12-19(14)25/h5-8,11-12,21,27H,9-10,13H2,1-4H3,(H,28,29). The van der Waals surface area contributed by atoms with Crippen LogP contribution in [0.3, 0.4) is 0 Å². The predicted octanol–water partition coefficient (Wildman–Crippen LogP) is 4.72. The van der Waals surface area contributed by atoms with Crippen molar-refractivity contribution in [2.24, 2.45) is 0 Å². The molecule has 0 saturated carbocycles. The molecule has 0 saturated heterocycles. The Labute approximate surface area is 170 Å². The molecule has 0 aromatic heterocycles. The van der Waals surface area contributed by atoms with Gasteiger partial charge in [-0.3, -0.25) is 4.79 Å². The number of hydrogen-bond donors (Lipinski definition) is 2. The van der Waals surface area contributed by atoms with E-state index in [9.17, 15) is 19.1 Å². The van der Waals surface area contributed by atoms with Gasteiger partial charge in [-0.2, -0.15) is 0 Å². The number of fused-ring (bicyclic) bond motifs is 1. The lowest BCUT2D eigenvalue weighted by molar-refractivity contribution is -0.126. The lowest BCUT2D eigenvalue weighted by Crippen LogP contribution is -2.34. The molecular weight excluding hydrogens is 371 g/mol. The topological polar surface area (TPSA) is 74.6 Å². The van der Waals surface area contributed by atoms with Crippen LogP contribution in [0.5, 0.6) is 0 Å². The summed E-state index contributed by atoms with van der Waals surface area (Å²) in [6, 6.07) is 9.09. The highest BCUT2D eigenvalue weighted by Crippen LogP contribution is 2.46. The highest BCUT2D eigenvalue weighted by molar-refractivity contribution is 5.89. The van der Waals surface area contributed by atoms with Crippen molar-refractivity contribution < 1.29 is 24.2 Å². The monoisotopic (exact) mass is 398 g/mol. The normalized spacial score (nSPS) is 18.0. The van der Waals surface area contributed by atoms with Gasteiger partial charge in [-0.05, 0) is 58.1 Å². The molecule has 29 heavy (non-hydrogen) atoms. The zero-order valence-corrected chi connectivity index (χ0v) is 17.3. The summed E-state index contributed by atoms with van der Waals surface area (Å²) in [6.45, 7) is 8.73. The minimum absolute atomic E-state index is 0.0351. The Morgan fingerprint density at radius 1 is 1.00 bits per heavy atom. The molecule has 2 aromatic rings. The molecule has 1 unspecified atom stereocenters. The van der Waals surface area contributed by atoms with Crippen molar-refractivity contribution in [3.8, 4) is 0 Å². The second kappa shape index (κ2) is 7.38. The molecule has 0 heterocycles. The van der Waals surface area contributed by atoms with Crippen LogP contribution in [0.25, 0.3) is 0 Å². The van der Waals surface area contributed by atoms with Gasteiger partial charge < -0.3 is 10.2 Å². The molecule has 2 aromatic carbocycles. The van der Waals surface area contributed by atoms with Crippen LogP contribution in [0.2, 0.25) is 0 Å². The van der Waals surface area contributed by atoms with Crippen LogP contribution >= 0.6 is 0 Å². The number of aromatic carboxylic acids is 1. The van der Waals surface area contributed by atoms with E-state index in [1.165, 1.54) is 17.7 Å². The number of ketones is 1. The smallest absolute Gasteiger partial charge is 0.335 e. The molecule has 5 heteroatoms. The van der Waals surface area contributed by atoms with E-state index in [1.54, 1.807) is 6.07 Å². The number of hydrogen-bond acceptors (Lipinski definition) is 3. The Balaban J connectivity index is 1.86. The molecule has 0 radical (unpaired) electrons. The first kappa shape index (κ1) is 21.2. The zero-order chi connectivity index (χ0) is 21.6. The average Bonchev–Trinajstić information content (AvgIpc) is 2.66. The number of carbonyl (C=O) groups excluding carboxylic acids is 1. The molecule has 1 atom stereocenters. The van der Waals surface area contributed by atoms with Crippen LogP contribution in [0.15, 0.2) is 36.4 Å². The SMILES string of the molecule is CC1(C)CCC(C)(C)c2cc(C(O)C(=O)Cc3ccc(C(=O)O)cc3F)ccc21. The predicted molar refractivity (Wildman–Crippen MR) is 109 cm³/mol. The van der Waals surface area contributed by atoms with Crippen molar-refractivity contribution in [3.05, 3.63) is 70.0 Å². The molecule has 0 amide bonds. The summed E-state index contributed by atoms with van der Waals surface area (Å²) in [5.74, 6) is -2.53. The van der Waals surface area contributed by atoms with Crippen LogP contribution in [0.4, 0.5) is 4.39 Å². The summed E-state index contributed by atoms with van der Waals surface area (Å²) in [4.78, 5) is 23.5. The highest BCUT2D eigenvalue weighted by Gasteiger charge is 2.37. The van der Waals surface area contributed by atoms with E-state index < -0.39 is 23.7 Å². The number of Topliss-reactive ketones (excluding diaryl/α,β-unsaturated/α-hetero) is 1. The van der Waals surface area contributed by atoms with E-state index in [-0.39, 0.29) is 28.4 Å². The fourth-order valence-corrected chi connectivity index (χ4v) is 4.07. The number of rotatable bonds is 5. The van der Waals surface area contributed by atoms with Gasteiger partial charge >= 0.3 is 5.97 Å². The van der Waals surface area contributed by atoms with Gasteiger partial charge in [-0.15, -0.1) is 0 Å². The van der Waals surface area contributed by atoms with Crippen molar-refractivity contribution >= 4 is 11.8 Å². The lowest BCUT2D eigenvalue weighted by atomic mass is 9.63. The Morgan fingerprint density at radius 3 is 2.21 bits per heavy atom. The largest absolute Gasteiger partial charge is 0.478 e. The van der Waals surface area contributed by atoms with Crippen LogP contribution in [0.1, 0.15) is 79.3 Å². The van der Waals surface area contributed by atoms with E-state index in [2.05, 4.69) is 27.7 Å². The van der Waals surface area contributed by atoms with Gasteiger partial charge in [-0.25, -0.2) is 9.18 Å². The molecule has 3 rings (SSSR count). The van der Waals surface area contributed by atoms with Gasteiger partial charge in [0.2, 0.25) is 0 Å². The number of aliphatic hydroxyl groups is 1. The first-order chi connectivity index (χ1) is 13.4. The number of halogens is 1. The lowest BCUT2D eigenvalue weighted by Gasteiger charge is -2.42. The van der Waals surface area contributed by atoms with Crippen LogP contribution in [-0.4, -0.2) is 22.0 Å². The third-order valence-corrected chi connectivity index (χ3v) is 6.16. The molecule has 0 fully saturated rings. The molecule has 0 bridgehead atoms. The average molecular weight is 398 g/mol. The minimum atomic E-state index is -1.36. The first-order valence-electron chi connectivity index (χ1n) is 9.80. The summed E-state index contributed by atoms with van der Waals surface area (Å²) >= 11 is 0. The zero-order valence-electron chi connectivity index (χ0n) is 17.3. The molecular formula is C24H27FO4. The second-order valence-corrected chi connectivity index (χ2v) is 9.23. The molecule has 154 valence electrons. The van der Waals surface area contributed by atoms with Crippen LogP contribution < -0.4 is 0 Å². The Morgan fingerprint density at radius 2 is 1.62 bits per heavy atom. The Bertz CT molecular complexity index is 975. The fourth-order valence-electron chi connectivity index (χ4n) is 4.07. The third kappa shape index (κ3) is 4.10. The summed E-state index contributed by atoms with van der Waals surface area (Å²) in [6.07, 6.45) is 0.416. The van der Waals surface area contributed by atoms with Crippen LogP contribution in [0, 0.1) is 5.82 Å². The minimum Gasteiger partial charge on any atom is -0.478 e. The maximum Gasteiger partial charge on any atom is 0.335 e. The van der Waals surface area contributed by atoms with Crippen molar-refractivity contribution in [1.82, 2.24) is 0 Å². The van der Waals surface area contributed by atoms with E-state index in [0.717, 1.165) is 24.5 Å². The number of carboxylic acid groups (broad SMARTS) is 1. The molecule has 4 nitrogen and oxygen atoms in total. The number of aliphatic hydroxyl groups excluding tert-OH is 1. The van der Waals surface area contributed by atoms with E-state index in [0.29, 0.717) is 5.56 Å². The number of carboxylic acids is 1. The second-order valence-electron chi connectivity index (χ2n) is 9.23. The van der Waals surface area contributed by atoms with Crippen LogP contribution in [-0.2, 0) is 22.0 Å². The van der Waals surface area contributed by atoms with Gasteiger partial charge in [0.1, 0.15) is 11.9 Å². The maximum atomic E-state index is 14.2. The van der Waals surface area contributed by atoms with E-state index in [1.807, 2.05) is 12.1 Å². The summed E-state index contributed by atoms with van der Waals surface area (Å²) in [5.41, 5.74) is 2.73. The molecule has 1 aliphatic rings. The number of benzene rings is 2. The van der Waals surface area contributed by atoms with Gasteiger partial charge in [-0.1, -0.05) is 52.0 Å². The Hall–Kier alpha value is -2.53. The summed E-state index contributed by atoms with van der Waals surface area (Å²) < 4.78 is 14.2. The molecule has 0 aliphatic heterocycles. The van der Waals surface area contributed by atoms with Crippen molar-refractivity contribution in [1.29, 1.82) is 0 Å². The highest BCUT2D eigenvalue weighted by atomic mass is 19.1. The maximum absolute atomic E-state index is 14.2. The van der Waals surface area contributed by atoms with Gasteiger partial charge in [0.15, 0.2) is 5.78 Å². The van der Waals surface area contributed by atoms with Gasteiger partial charge in [0.05, 0.1) is 5.56 Å². The van der Waals surface area contributed by atoms with E-state index in [4.69, 9.17) is 5.11 Å². The van der Waals surface area contributed by atoms with Crippen molar-refractivity contribution in [3.63, 3.8) is 0 Å². The summed E-state index contributed by atoms with van der Waals surface area (Å²) in [5, 5.41) is 19.5. The van der Waals surface area contributed by atoms with Crippen molar-refractivity contribution in [2.45, 2.75) is 63.9 Å². The quantitative estimate of drug-likeness (QED) is 0.764. The van der Waals surface area contributed by atoms with Gasteiger partial charge in [0.25, 0.3) is 0 Å². The first-order valence-corrected chi connectivity index (χ1v) is 9.80. The Kier molecular flexibility index (Phi) is 5.39. The fraction of sp³-hybridized carbons (Fsp3) is 0.417. The third-order valence-electron chi connectivity index (χ3n) is 6.16.